The van der Waals surface area contributed by atoms with Gasteiger partial charge in [0.15, 0.2) is 16.6 Å². The van der Waals surface area contributed by atoms with E-state index in [9.17, 15) is 0 Å². The highest BCUT2D eigenvalue weighted by Crippen LogP contribution is 2.30. The maximum Gasteiger partial charge on any atom is 0.314 e. The van der Waals surface area contributed by atoms with Gasteiger partial charge in [-0.15, -0.1) is 0 Å². The summed E-state index contributed by atoms with van der Waals surface area (Å²) in [6, 6.07) is 2.29. The van der Waals surface area contributed by atoms with E-state index in [1.807, 2.05) is 0 Å². The van der Waals surface area contributed by atoms with E-state index in [0.29, 0.717) is 11.8 Å². The first-order chi connectivity index (χ1) is 13.4. The molecule has 0 aromatic rings. The Morgan fingerprint density at radius 1 is 0.387 bits per heavy atom. The SMILES string of the molecule is CC(C)C[Si](C)(C)O[Si](C)(C)O[Si](C)(C)O[Si](C)(C)O[Si](C)(C)O[Si](C)(C)CC(C)C. The third kappa shape index (κ3) is 15.6. The monoisotopic (exact) mass is 542 g/mol. The third-order valence-corrected chi connectivity index (χ3v) is 28.1. The molecule has 0 aromatic heterocycles. The van der Waals surface area contributed by atoms with Crippen LogP contribution in [0.2, 0.25) is 90.7 Å². The molecule has 0 spiro atoms. The fraction of sp³-hybridized carbons (Fsp3) is 1.00. The van der Waals surface area contributed by atoms with Gasteiger partial charge in [0.1, 0.15) is 0 Å². The van der Waals surface area contributed by atoms with Crippen molar-refractivity contribution in [1.82, 2.24) is 0 Å². The Balaban J connectivity index is 5.17. The molecule has 0 N–H and O–H groups in total. The zero-order chi connectivity index (χ0) is 25.1. The molecule has 0 aromatic carbocycles. The van der Waals surface area contributed by atoms with Gasteiger partial charge in [-0.2, -0.15) is 0 Å². The Kier molecular flexibility index (Phi) is 11.6. The minimum atomic E-state index is -2.42. The molecular weight excluding hydrogens is 489 g/mol. The molecular formula is C20H54O5Si6. The minimum absolute atomic E-state index is 0.642. The van der Waals surface area contributed by atoms with E-state index in [-0.39, 0.29) is 0 Å². The van der Waals surface area contributed by atoms with Crippen LogP contribution in [-0.2, 0) is 20.6 Å². The molecule has 0 aliphatic heterocycles. The molecule has 5 nitrogen and oxygen atoms in total. The van der Waals surface area contributed by atoms with Crippen LogP contribution in [0, 0.1) is 11.8 Å². The van der Waals surface area contributed by atoms with Gasteiger partial charge in [0, 0.05) is 0 Å². The van der Waals surface area contributed by atoms with Crippen molar-refractivity contribution >= 4 is 50.9 Å². The van der Waals surface area contributed by atoms with Gasteiger partial charge < -0.3 is 20.6 Å². The van der Waals surface area contributed by atoms with Gasteiger partial charge in [0.2, 0.25) is 0 Å². The van der Waals surface area contributed by atoms with Gasteiger partial charge in [-0.05, 0) is 102 Å². The molecule has 0 saturated carbocycles. The normalized spacial score (nSPS) is 15.3. The first-order valence-electron chi connectivity index (χ1n) is 11.9. The fourth-order valence-corrected chi connectivity index (χ4v) is 36.9. The van der Waals surface area contributed by atoms with Crippen LogP contribution in [0.3, 0.4) is 0 Å². The molecule has 0 bridgehead atoms. The van der Waals surface area contributed by atoms with E-state index in [1.165, 1.54) is 0 Å². The van der Waals surface area contributed by atoms with Crippen LogP contribution in [-0.4, -0.2) is 50.9 Å². The molecule has 11 heteroatoms. The zero-order valence-corrected chi connectivity index (χ0v) is 29.6. The summed E-state index contributed by atoms with van der Waals surface area (Å²) < 4.78 is 33.3. The quantitative estimate of drug-likeness (QED) is 0.211. The molecule has 0 aliphatic carbocycles. The summed E-state index contributed by atoms with van der Waals surface area (Å²) >= 11 is 0. The van der Waals surface area contributed by atoms with Crippen molar-refractivity contribution in [2.24, 2.45) is 11.8 Å². The van der Waals surface area contributed by atoms with Crippen molar-refractivity contribution in [3.05, 3.63) is 0 Å². The van der Waals surface area contributed by atoms with E-state index in [4.69, 9.17) is 20.6 Å². The Morgan fingerprint density at radius 2 is 0.581 bits per heavy atom. The maximum absolute atomic E-state index is 6.66. The van der Waals surface area contributed by atoms with Crippen LogP contribution in [0.4, 0.5) is 0 Å². The molecule has 31 heavy (non-hydrogen) atoms. The molecule has 0 atom stereocenters. The minimum Gasteiger partial charge on any atom is -0.436 e. The highest BCUT2D eigenvalue weighted by atomic mass is 28.5. The second kappa shape index (κ2) is 11.2. The Labute approximate surface area is 201 Å². The highest BCUT2D eigenvalue weighted by Gasteiger charge is 2.47. The average Bonchev–Trinajstić information content (AvgIpc) is 2.24. The fourth-order valence-electron chi connectivity index (χ4n) is 5.24. The van der Waals surface area contributed by atoms with Gasteiger partial charge in [-0.1, -0.05) is 27.7 Å². The topological polar surface area (TPSA) is 46.2 Å². The lowest BCUT2D eigenvalue weighted by atomic mass is 10.3. The first-order valence-corrected chi connectivity index (χ1v) is 29.4. The molecule has 188 valence electrons. The van der Waals surface area contributed by atoms with Crippen molar-refractivity contribution in [1.29, 1.82) is 0 Å². The van der Waals surface area contributed by atoms with Gasteiger partial charge in [-0.3, -0.25) is 0 Å². The Bertz CT molecular complexity index is 514. The van der Waals surface area contributed by atoms with Crippen LogP contribution in [0.5, 0.6) is 0 Å². The predicted molar refractivity (Wildman–Crippen MR) is 150 cm³/mol. The van der Waals surface area contributed by atoms with E-state index in [1.54, 1.807) is 0 Å². The summed E-state index contributed by atoms with van der Waals surface area (Å²) in [5.74, 6) is 1.28. The lowest BCUT2D eigenvalue weighted by molar-refractivity contribution is 0.281. The molecule has 0 amide bonds. The van der Waals surface area contributed by atoms with Gasteiger partial charge in [0.05, 0.1) is 0 Å². The van der Waals surface area contributed by atoms with E-state index in [0.717, 1.165) is 12.1 Å². The van der Waals surface area contributed by atoms with Crippen LogP contribution in [0.25, 0.3) is 0 Å². The second-order valence-electron chi connectivity index (χ2n) is 12.8. The lowest BCUT2D eigenvalue weighted by Crippen LogP contribution is -2.60. The summed E-state index contributed by atoms with van der Waals surface area (Å²) in [5, 5.41) is 0. The summed E-state index contributed by atoms with van der Waals surface area (Å²) in [5.41, 5.74) is 0. The van der Waals surface area contributed by atoms with Crippen molar-refractivity contribution < 1.29 is 20.6 Å². The number of rotatable bonds is 14. The van der Waals surface area contributed by atoms with Crippen molar-refractivity contribution in [3.63, 3.8) is 0 Å². The highest BCUT2D eigenvalue weighted by molar-refractivity contribution is 6.91. The average molecular weight is 543 g/mol. The largest absolute Gasteiger partial charge is 0.436 e. The van der Waals surface area contributed by atoms with Gasteiger partial charge in [-0.25, -0.2) is 0 Å². The first kappa shape index (κ1) is 32.1. The predicted octanol–water partition coefficient (Wildman–Crippen LogP) is 7.60. The van der Waals surface area contributed by atoms with E-state index < -0.39 is 50.9 Å². The molecule has 0 aliphatic rings. The Hall–Kier alpha value is 1.10. The second-order valence-corrected chi connectivity index (χ2v) is 36.0. The summed E-state index contributed by atoms with van der Waals surface area (Å²) in [4.78, 5) is 0. The van der Waals surface area contributed by atoms with Gasteiger partial charge in [0.25, 0.3) is 0 Å². The number of hydrogen-bond donors (Lipinski definition) is 0. The molecule has 0 radical (unpaired) electrons. The summed E-state index contributed by atoms with van der Waals surface area (Å²) in [6.45, 7) is 35.4. The van der Waals surface area contributed by atoms with Crippen LogP contribution in [0.15, 0.2) is 0 Å². The van der Waals surface area contributed by atoms with Crippen molar-refractivity contribution in [2.75, 3.05) is 0 Å². The van der Waals surface area contributed by atoms with E-state index >= 15 is 0 Å². The number of hydrogen-bond acceptors (Lipinski definition) is 5. The summed E-state index contributed by atoms with van der Waals surface area (Å²) in [7, 11) is -13.0. The molecule has 0 unspecified atom stereocenters. The molecule has 0 fully saturated rings. The third-order valence-electron chi connectivity index (χ3n) is 4.32. The van der Waals surface area contributed by atoms with E-state index in [2.05, 4.69) is 106 Å². The van der Waals surface area contributed by atoms with Crippen molar-refractivity contribution in [2.45, 2.75) is 118 Å². The molecule has 0 saturated heterocycles. The Morgan fingerprint density at radius 3 is 0.774 bits per heavy atom. The summed E-state index contributed by atoms with van der Waals surface area (Å²) in [6.07, 6.45) is 0. The zero-order valence-electron chi connectivity index (χ0n) is 23.6. The smallest absolute Gasteiger partial charge is 0.314 e. The van der Waals surface area contributed by atoms with Crippen LogP contribution < -0.4 is 0 Å². The van der Waals surface area contributed by atoms with Crippen molar-refractivity contribution in [3.8, 4) is 0 Å². The van der Waals surface area contributed by atoms with Gasteiger partial charge >= 0.3 is 34.2 Å². The molecule has 0 heterocycles. The van der Waals surface area contributed by atoms with Crippen LogP contribution >= 0.6 is 0 Å². The lowest BCUT2D eigenvalue weighted by Gasteiger charge is -2.43. The molecule has 0 rings (SSSR count). The standard InChI is InChI=1S/C20H54O5Si6/c1-19(2)17-26(5,6)21-28(9,10)23-30(13,14)25-31(15,16)24-29(11,12)22-27(7,8)18-20(3)4/h19-20H,17-18H2,1-16H3. The maximum atomic E-state index is 6.66. The van der Waals surface area contributed by atoms with Crippen LogP contribution in [0.1, 0.15) is 27.7 Å².